The van der Waals surface area contributed by atoms with E-state index in [9.17, 15) is 24.0 Å². The van der Waals surface area contributed by atoms with Crippen molar-refractivity contribution in [2.24, 2.45) is 0 Å². The fourth-order valence-corrected chi connectivity index (χ4v) is 7.71. The highest BCUT2D eigenvalue weighted by Crippen LogP contribution is 2.33. The highest BCUT2D eigenvalue weighted by molar-refractivity contribution is 8.00. The zero-order chi connectivity index (χ0) is 33.0. The van der Waals surface area contributed by atoms with Gasteiger partial charge < -0.3 is 31.4 Å². The van der Waals surface area contributed by atoms with Crippen molar-refractivity contribution in [1.82, 2.24) is 26.6 Å². The Morgan fingerprint density at radius 2 is 1.68 bits per heavy atom. The van der Waals surface area contributed by atoms with E-state index in [1.807, 2.05) is 72.4 Å². The number of urea groups is 1. The van der Waals surface area contributed by atoms with E-state index in [2.05, 4.69) is 26.6 Å². The molecule has 3 aromatic carbocycles. The number of thioether (sulfide) groups is 1. The second-order valence-electron chi connectivity index (χ2n) is 12.2. The lowest BCUT2D eigenvalue weighted by Gasteiger charge is -2.21. The number of aldehydes is 1. The minimum atomic E-state index is -0.875. The largest absolute Gasteiger partial charge is 0.356 e. The Balaban J connectivity index is 1.03. The fraction of sp³-hybridized carbons (Fsp3) is 0.417. The summed E-state index contributed by atoms with van der Waals surface area (Å²) in [6, 6.07) is 21.3. The van der Waals surface area contributed by atoms with E-state index >= 15 is 0 Å². The number of rotatable bonds is 17. The molecule has 0 spiro atoms. The van der Waals surface area contributed by atoms with Crippen LogP contribution in [0, 0.1) is 0 Å². The first kappa shape index (κ1) is 34.0. The quantitative estimate of drug-likeness (QED) is 0.0847. The maximum atomic E-state index is 13.4. The molecule has 2 aliphatic heterocycles. The van der Waals surface area contributed by atoms with E-state index in [0.717, 1.165) is 47.6 Å². The SMILES string of the molecule is O=C[C@H](CCCCNC(=O)CCCC[C@@H]1SC[C@@H]2NC(=O)N[C@@H]21)NC(=O)[C@H](Cc1ccccc1)NC(=O)c1ccc2ccccc2c1. The van der Waals surface area contributed by atoms with Gasteiger partial charge >= 0.3 is 6.03 Å². The van der Waals surface area contributed by atoms with Crippen LogP contribution in [0.5, 0.6) is 0 Å². The van der Waals surface area contributed by atoms with Crippen molar-refractivity contribution in [3.05, 3.63) is 83.9 Å². The average Bonchev–Trinajstić information content (AvgIpc) is 3.64. The molecule has 2 fully saturated rings. The van der Waals surface area contributed by atoms with Gasteiger partial charge in [0.2, 0.25) is 11.8 Å². The number of nitrogens with one attached hydrogen (secondary N) is 5. The Kier molecular flexibility index (Phi) is 12.3. The molecule has 0 saturated carbocycles. The molecule has 5 rings (SSSR count). The summed E-state index contributed by atoms with van der Waals surface area (Å²) < 4.78 is 0. The van der Waals surface area contributed by atoms with Crippen LogP contribution in [-0.4, -0.2) is 71.8 Å². The van der Waals surface area contributed by atoms with Gasteiger partial charge in [-0.2, -0.15) is 11.8 Å². The molecule has 0 unspecified atom stereocenters. The Morgan fingerprint density at radius 1 is 0.894 bits per heavy atom. The maximum Gasteiger partial charge on any atom is 0.315 e. The molecule has 2 aliphatic rings. The molecule has 5 amide bonds. The lowest BCUT2D eigenvalue weighted by molar-refractivity contribution is -0.125. The summed E-state index contributed by atoms with van der Waals surface area (Å²) in [7, 11) is 0. The highest BCUT2D eigenvalue weighted by Gasteiger charge is 2.42. The smallest absolute Gasteiger partial charge is 0.315 e. The third kappa shape index (κ3) is 9.81. The molecule has 248 valence electrons. The molecule has 10 nitrogen and oxygen atoms in total. The molecule has 0 aromatic heterocycles. The Morgan fingerprint density at radius 3 is 2.49 bits per heavy atom. The number of carbonyl (C=O) groups is 5. The van der Waals surface area contributed by atoms with Gasteiger partial charge in [0.05, 0.1) is 18.1 Å². The number of hydrogen-bond donors (Lipinski definition) is 5. The third-order valence-electron chi connectivity index (χ3n) is 8.75. The van der Waals surface area contributed by atoms with Crippen LogP contribution >= 0.6 is 11.8 Å². The normalized spacial score (nSPS) is 19.6. The molecule has 5 atom stereocenters. The van der Waals surface area contributed by atoms with Crippen molar-refractivity contribution in [1.29, 1.82) is 0 Å². The van der Waals surface area contributed by atoms with Crippen molar-refractivity contribution >= 4 is 52.6 Å². The van der Waals surface area contributed by atoms with Crippen LogP contribution in [-0.2, 0) is 20.8 Å². The Hall–Kier alpha value is -4.38. The van der Waals surface area contributed by atoms with Crippen LogP contribution in [0.4, 0.5) is 4.79 Å². The molecule has 3 aromatic rings. The van der Waals surface area contributed by atoms with Crippen LogP contribution in [0.25, 0.3) is 10.8 Å². The third-order valence-corrected chi connectivity index (χ3v) is 10.3. The summed E-state index contributed by atoms with van der Waals surface area (Å²) in [6.07, 6.45) is 5.88. The number of carbonyl (C=O) groups excluding carboxylic acids is 5. The molecule has 5 N–H and O–H groups in total. The van der Waals surface area contributed by atoms with Gasteiger partial charge in [-0.15, -0.1) is 0 Å². The number of hydrogen-bond acceptors (Lipinski definition) is 6. The van der Waals surface area contributed by atoms with Gasteiger partial charge in [-0.3, -0.25) is 14.4 Å². The van der Waals surface area contributed by atoms with Gasteiger partial charge in [-0.25, -0.2) is 4.79 Å². The van der Waals surface area contributed by atoms with Crippen LogP contribution in [0.15, 0.2) is 72.8 Å². The summed E-state index contributed by atoms with van der Waals surface area (Å²) in [6.45, 7) is 0.497. The fourth-order valence-electron chi connectivity index (χ4n) is 6.17. The molecule has 2 heterocycles. The first-order chi connectivity index (χ1) is 22.9. The molecule has 47 heavy (non-hydrogen) atoms. The monoisotopic (exact) mass is 657 g/mol. The lowest BCUT2D eigenvalue weighted by atomic mass is 10.0. The molecule has 0 bridgehead atoms. The second-order valence-corrected chi connectivity index (χ2v) is 13.5. The molecular formula is C36H43N5O5S. The average molecular weight is 658 g/mol. The van der Waals surface area contributed by atoms with Gasteiger partial charge in [0.15, 0.2) is 0 Å². The van der Waals surface area contributed by atoms with Crippen molar-refractivity contribution < 1.29 is 24.0 Å². The molecular weight excluding hydrogens is 614 g/mol. The number of unbranched alkanes of at least 4 members (excludes halogenated alkanes) is 2. The van der Waals surface area contributed by atoms with Gasteiger partial charge in [0.25, 0.3) is 5.91 Å². The van der Waals surface area contributed by atoms with Crippen molar-refractivity contribution in [2.75, 3.05) is 12.3 Å². The first-order valence-electron chi connectivity index (χ1n) is 16.4. The standard InChI is InChI=1S/C36H43N5O5S/c42-22-28(14-8-9-19-37-32(43)16-7-6-15-31-33-30(23-47-31)40-36(46)41-33)38-35(45)29(20-24-10-2-1-3-11-24)39-34(44)27-18-17-25-12-4-5-13-26(25)21-27/h1-5,10-13,17-18,21-22,28-31,33H,6-9,14-16,19-20,23H2,(H,37,43)(H,38,45)(H,39,44)(H2,40,41,46)/t28-,29-,30-,31-,33-/m0/s1. The van der Waals surface area contributed by atoms with E-state index < -0.39 is 18.0 Å². The van der Waals surface area contributed by atoms with Crippen LogP contribution < -0.4 is 26.6 Å². The minimum Gasteiger partial charge on any atom is -0.356 e. The van der Waals surface area contributed by atoms with Crippen LogP contribution in [0.2, 0.25) is 0 Å². The summed E-state index contributed by atoms with van der Waals surface area (Å²) in [5, 5.41) is 16.9. The van der Waals surface area contributed by atoms with E-state index in [0.29, 0.717) is 43.0 Å². The zero-order valence-corrected chi connectivity index (χ0v) is 27.2. The Bertz CT molecular complexity index is 1550. The summed E-state index contributed by atoms with van der Waals surface area (Å²) >= 11 is 1.88. The highest BCUT2D eigenvalue weighted by atomic mass is 32.2. The number of fused-ring (bicyclic) bond motifs is 2. The number of benzene rings is 3. The first-order valence-corrected chi connectivity index (χ1v) is 17.5. The van der Waals surface area contributed by atoms with Crippen LogP contribution in [0.1, 0.15) is 60.9 Å². The predicted octanol–water partition coefficient (Wildman–Crippen LogP) is 3.88. The van der Waals surface area contributed by atoms with E-state index in [1.54, 1.807) is 12.1 Å². The summed E-state index contributed by atoms with van der Waals surface area (Å²) in [5.41, 5.74) is 1.33. The molecule has 2 saturated heterocycles. The topological polar surface area (TPSA) is 146 Å². The Labute approximate surface area is 279 Å². The second kappa shape index (κ2) is 17.0. The van der Waals surface area contributed by atoms with Gasteiger partial charge in [-0.05, 0) is 60.6 Å². The predicted molar refractivity (Wildman–Crippen MR) is 184 cm³/mol. The molecule has 0 aliphatic carbocycles. The van der Waals surface area contributed by atoms with E-state index in [-0.39, 0.29) is 36.3 Å². The van der Waals surface area contributed by atoms with Gasteiger partial charge in [0.1, 0.15) is 12.3 Å². The van der Waals surface area contributed by atoms with Crippen molar-refractivity contribution in [3.63, 3.8) is 0 Å². The molecule has 11 heteroatoms. The van der Waals surface area contributed by atoms with Crippen LogP contribution in [0.3, 0.4) is 0 Å². The molecule has 0 radical (unpaired) electrons. The van der Waals surface area contributed by atoms with Gasteiger partial charge in [-0.1, -0.05) is 67.1 Å². The summed E-state index contributed by atoms with van der Waals surface area (Å²) in [5.74, 6) is 0.145. The van der Waals surface area contributed by atoms with E-state index in [1.165, 1.54) is 0 Å². The maximum absolute atomic E-state index is 13.4. The van der Waals surface area contributed by atoms with Gasteiger partial charge in [0, 0.05) is 36.0 Å². The summed E-state index contributed by atoms with van der Waals surface area (Å²) in [4.78, 5) is 62.3. The van der Waals surface area contributed by atoms with Crippen molar-refractivity contribution in [2.45, 2.75) is 80.8 Å². The zero-order valence-electron chi connectivity index (χ0n) is 26.4. The lowest BCUT2D eigenvalue weighted by Crippen LogP contribution is -2.51. The van der Waals surface area contributed by atoms with E-state index in [4.69, 9.17) is 0 Å². The van der Waals surface area contributed by atoms with Crippen molar-refractivity contribution in [3.8, 4) is 0 Å². The minimum absolute atomic E-state index is 0.00364. The number of amides is 5.